The number of aliphatic hydroxyl groups is 1. The highest BCUT2D eigenvalue weighted by Gasteiger charge is 2.57. The van der Waals surface area contributed by atoms with Gasteiger partial charge in [0, 0.05) is 0 Å². The highest BCUT2D eigenvalue weighted by atomic mass is 79.9. The van der Waals surface area contributed by atoms with Crippen LogP contribution in [0.1, 0.15) is 51.5 Å². The van der Waals surface area contributed by atoms with E-state index < -0.39 is 16.0 Å². The van der Waals surface area contributed by atoms with Gasteiger partial charge < -0.3 is 9.84 Å². The van der Waals surface area contributed by atoms with Crippen LogP contribution in [0.5, 0.6) is 0 Å². The number of alkyl halides is 1. The molecule has 0 spiro atoms. The fourth-order valence-corrected chi connectivity index (χ4v) is 5.97. The molecule has 1 aromatic rings. The standard InChI is InChI=1S/C22H29BrN2O4/c1-21(2,23)19(26)25(24-20(27)29-13-14-6-4-3-5-7-14)18-16-8-15-9-17(18)12-22(28,10-15)11-16/h3-7,15-18,28H,8-13H2,1-2H3,(H,24,27). The number of halogens is 1. The van der Waals surface area contributed by atoms with Crippen LogP contribution in [0, 0.1) is 17.8 Å². The Morgan fingerprint density at radius 1 is 1.21 bits per heavy atom. The lowest BCUT2D eigenvalue weighted by Crippen LogP contribution is -2.67. The van der Waals surface area contributed by atoms with Crippen molar-refractivity contribution in [1.29, 1.82) is 0 Å². The first-order valence-electron chi connectivity index (χ1n) is 10.4. The zero-order valence-corrected chi connectivity index (χ0v) is 18.5. The van der Waals surface area contributed by atoms with E-state index in [1.807, 2.05) is 30.3 Å². The molecule has 7 heteroatoms. The molecule has 2 N–H and O–H groups in total. The predicted molar refractivity (Wildman–Crippen MR) is 112 cm³/mol. The molecule has 0 aliphatic heterocycles. The van der Waals surface area contributed by atoms with Gasteiger partial charge in [0.15, 0.2) is 0 Å². The molecule has 2 atom stereocenters. The van der Waals surface area contributed by atoms with Gasteiger partial charge in [0.2, 0.25) is 0 Å². The van der Waals surface area contributed by atoms with Crippen LogP contribution in [0.4, 0.5) is 4.79 Å². The number of hydrazine groups is 1. The van der Waals surface area contributed by atoms with Gasteiger partial charge in [-0.25, -0.2) is 15.2 Å². The molecule has 29 heavy (non-hydrogen) atoms. The van der Waals surface area contributed by atoms with Crippen LogP contribution < -0.4 is 5.43 Å². The fourth-order valence-electron chi connectivity index (χ4n) is 5.78. The molecular formula is C22H29BrN2O4. The lowest BCUT2D eigenvalue weighted by atomic mass is 9.52. The van der Waals surface area contributed by atoms with Gasteiger partial charge >= 0.3 is 6.09 Å². The summed E-state index contributed by atoms with van der Waals surface area (Å²) in [5.41, 5.74) is 3.03. The Kier molecular flexibility index (Phi) is 5.40. The molecule has 0 aromatic heterocycles. The summed E-state index contributed by atoms with van der Waals surface area (Å²) in [5, 5.41) is 12.4. The number of rotatable bonds is 4. The molecule has 0 saturated heterocycles. The summed E-state index contributed by atoms with van der Waals surface area (Å²) in [6.07, 6.45) is 3.62. The lowest BCUT2D eigenvalue weighted by Gasteiger charge is -2.60. The smallest absolute Gasteiger partial charge is 0.426 e. The van der Waals surface area contributed by atoms with Crippen LogP contribution >= 0.6 is 15.9 Å². The van der Waals surface area contributed by atoms with Gasteiger partial charge in [-0.05, 0) is 69.3 Å². The quantitative estimate of drug-likeness (QED) is 0.524. The monoisotopic (exact) mass is 464 g/mol. The zero-order chi connectivity index (χ0) is 20.8. The van der Waals surface area contributed by atoms with Gasteiger partial charge in [0.05, 0.1) is 11.6 Å². The Morgan fingerprint density at radius 2 is 1.83 bits per heavy atom. The van der Waals surface area contributed by atoms with Gasteiger partial charge in [-0.1, -0.05) is 46.3 Å². The molecule has 4 bridgehead atoms. The molecule has 0 radical (unpaired) electrons. The molecular weight excluding hydrogens is 436 g/mol. The molecule has 2 unspecified atom stereocenters. The third kappa shape index (κ3) is 4.31. The minimum absolute atomic E-state index is 0.111. The Morgan fingerprint density at radius 3 is 2.38 bits per heavy atom. The molecule has 5 rings (SSSR count). The molecule has 0 heterocycles. The molecule has 4 fully saturated rings. The minimum Gasteiger partial charge on any atom is -0.443 e. The summed E-state index contributed by atoms with van der Waals surface area (Å²) < 4.78 is 4.56. The van der Waals surface area contributed by atoms with Gasteiger partial charge in [0.25, 0.3) is 5.91 Å². The summed E-state index contributed by atoms with van der Waals surface area (Å²) in [6, 6.07) is 9.34. The average Bonchev–Trinajstić information content (AvgIpc) is 2.63. The van der Waals surface area contributed by atoms with Crippen molar-refractivity contribution in [3.63, 3.8) is 0 Å². The number of carbonyl (C=O) groups excluding carboxylic acids is 2. The van der Waals surface area contributed by atoms with Crippen LogP contribution in [0.3, 0.4) is 0 Å². The molecule has 6 nitrogen and oxygen atoms in total. The van der Waals surface area contributed by atoms with E-state index in [0.29, 0.717) is 18.8 Å². The summed E-state index contributed by atoms with van der Waals surface area (Å²) in [6.45, 7) is 3.71. The third-order valence-electron chi connectivity index (χ3n) is 6.64. The Bertz CT molecular complexity index is 763. The second-order valence-corrected chi connectivity index (χ2v) is 11.5. The van der Waals surface area contributed by atoms with E-state index in [4.69, 9.17) is 4.74 Å². The number of nitrogens with one attached hydrogen (secondary N) is 1. The van der Waals surface area contributed by atoms with E-state index in [9.17, 15) is 14.7 Å². The van der Waals surface area contributed by atoms with Crippen molar-refractivity contribution in [1.82, 2.24) is 10.4 Å². The van der Waals surface area contributed by atoms with Gasteiger partial charge in [-0.3, -0.25) is 4.79 Å². The number of hydrogen-bond acceptors (Lipinski definition) is 4. The molecule has 158 valence electrons. The highest BCUT2D eigenvalue weighted by molar-refractivity contribution is 9.10. The first kappa shape index (κ1) is 20.7. The third-order valence-corrected chi connectivity index (χ3v) is 6.98. The van der Waals surface area contributed by atoms with Crippen LogP contribution in [-0.2, 0) is 16.1 Å². The Hall–Kier alpha value is -1.60. The Balaban J connectivity index is 1.50. The van der Waals surface area contributed by atoms with E-state index in [1.54, 1.807) is 13.8 Å². The van der Waals surface area contributed by atoms with Crippen molar-refractivity contribution in [2.24, 2.45) is 17.8 Å². The van der Waals surface area contributed by atoms with E-state index in [0.717, 1.165) is 24.8 Å². The molecule has 1 aromatic carbocycles. The van der Waals surface area contributed by atoms with Crippen molar-refractivity contribution in [2.45, 2.75) is 68.5 Å². The second-order valence-electron chi connectivity index (χ2n) is 9.51. The van der Waals surface area contributed by atoms with Gasteiger partial charge in [-0.15, -0.1) is 0 Å². The van der Waals surface area contributed by atoms with Crippen molar-refractivity contribution in [3.8, 4) is 0 Å². The zero-order valence-electron chi connectivity index (χ0n) is 16.9. The summed E-state index contributed by atoms with van der Waals surface area (Å²) in [5.74, 6) is 0.713. The first-order valence-corrected chi connectivity index (χ1v) is 11.2. The van der Waals surface area contributed by atoms with Crippen molar-refractivity contribution in [3.05, 3.63) is 35.9 Å². The minimum atomic E-state index is -0.814. The van der Waals surface area contributed by atoms with Crippen LogP contribution in [0.15, 0.2) is 30.3 Å². The first-order chi connectivity index (χ1) is 13.6. The van der Waals surface area contributed by atoms with Crippen LogP contribution in [0.2, 0.25) is 0 Å². The van der Waals surface area contributed by atoms with Gasteiger partial charge in [0.1, 0.15) is 10.9 Å². The number of ether oxygens (including phenoxy) is 1. The number of benzene rings is 1. The Labute approximate surface area is 180 Å². The maximum Gasteiger partial charge on any atom is 0.426 e. The molecule has 4 aliphatic carbocycles. The van der Waals surface area contributed by atoms with Gasteiger partial charge in [-0.2, -0.15) is 0 Å². The van der Waals surface area contributed by atoms with Crippen LogP contribution in [-0.4, -0.2) is 38.1 Å². The summed E-state index contributed by atoms with van der Waals surface area (Å²) >= 11 is 3.46. The van der Waals surface area contributed by atoms with E-state index in [-0.39, 0.29) is 30.4 Å². The van der Waals surface area contributed by atoms with Crippen molar-refractivity contribution in [2.75, 3.05) is 0 Å². The normalized spacial score (nSPS) is 32.7. The number of carbonyl (C=O) groups is 2. The average molecular weight is 465 g/mol. The topological polar surface area (TPSA) is 78.9 Å². The second kappa shape index (κ2) is 7.58. The highest BCUT2D eigenvalue weighted by Crippen LogP contribution is 2.57. The van der Waals surface area contributed by atoms with Crippen LogP contribution in [0.25, 0.3) is 0 Å². The summed E-state index contributed by atoms with van der Waals surface area (Å²) in [4.78, 5) is 25.8. The number of nitrogens with zero attached hydrogens (tertiary/aromatic N) is 1. The number of amides is 2. The fraction of sp³-hybridized carbons (Fsp3) is 0.636. The largest absolute Gasteiger partial charge is 0.443 e. The maximum absolute atomic E-state index is 13.2. The van der Waals surface area contributed by atoms with Crippen molar-refractivity contribution >= 4 is 27.9 Å². The van der Waals surface area contributed by atoms with E-state index in [2.05, 4.69) is 21.4 Å². The maximum atomic E-state index is 13.2. The number of hydrogen-bond donors (Lipinski definition) is 2. The van der Waals surface area contributed by atoms with Crippen molar-refractivity contribution < 1.29 is 19.4 Å². The molecule has 2 amide bonds. The lowest BCUT2D eigenvalue weighted by molar-refractivity contribution is -0.177. The van der Waals surface area contributed by atoms with E-state index in [1.165, 1.54) is 5.01 Å². The van der Waals surface area contributed by atoms with E-state index >= 15 is 0 Å². The summed E-state index contributed by atoms with van der Waals surface area (Å²) in [7, 11) is 0. The molecule has 4 aliphatic rings. The predicted octanol–water partition coefficient (Wildman–Crippen LogP) is 3.77. The SMILES string of the molecule is CC(C)(Br)C(=O)N(NC(=O)OCc1ccccc1)C1C2CC3CC1CC(O)(C3)C2. The molecule has 4 saturated carbocycles.